The Morgan fingerprint density at radius 3 is 3.07 bits per heavy atom. The lowest BCUT2D eigenvalue weighted by molar-refractivity contribution is 0.260. The predicted molar refractivity (Wildman–Crippen MR) is 49.5 cm³/mol. The molecule has 0 spiro atoms. The molecule has 2 aromatic rings. The van der Waals surface area contributed by atoms with Crippen LogP contribution in [0.5, 0.6) is 5.88 Å². The third-order valence-corrected chi connectivity index (χ3v) is 1.57. The second-order valence-electron chi connectivity index (χ2n) is 2.65. The van der Waals surface area contributed by atoms with Crippen molar-refractivity contribution in [1.82, 2.24) is 9.97 Å². The molecule has 14 heavy (non-hydrogen) atoms. The lowest BCUT2D eigenvalue weighted by atomic mass is 10.5. The maximum Gasteiger partial charge on any atom is 0.234 e. The van der Waals surface area contributed by atoms with Gasteiger partial charge in [0.1, 0.15) is 18.2 Å². The zero-order chi connectivity index (χ0) is 9.80. The lowest BCUT2D eigenvalue weighted by Crippen LogP contribution is -1.99. The van der Waals surface area contributed by atoms with Crippen LogP contribution in [0.15, 0.2) is 35.2 Å². The van der Waals surface area contributed by atoms with Crippen LogP contribution in [0.4, 0.5) is 5.82 Å². The molecule has 0 unspecified atom stereocenters. The highest BCUT2D eigenvalue weighted by Gasteiger charge is 1.99. The molecule has 2 rings (SSSR count). The first-order valence-electron chi connectivity index (χ1n) is 4.07. The maximum absolute atomic E-state index is 5.43. The van der Waals surface area contributed by atoms with Gasteiger partial charge in [-0.2, -0.15) is 4.98 Å². The molecule has 5 nitrogen and oxygen atoms in total. The predicted octanol–water partition coefficient (Wildman–Crippen LogP) is 1.23. The molecule has 5 heteroatoms. The van der Waals surface area contributed by atoms with Crippen LogP contribution in [0, 0.1) is 0 Å². The molecule has 0 amide bonds. The summed E-state index contributed by atoms with van der Waals surface area (Å²) in [6.07, 6.45) is 4.54. The Kier molecular flexibility index (Phi) is 2.31. The summed E-state index contributed by atoms with van der Waals surface area (Å²) in [5, 5.41) is 0. The molecular formula is C9H9N3O2. The minimum absolute atomic E-state index is 0.325. The molecular weight excluding hydrogens is 182 g/mol. The number of aromatic nitrogens is 2. The van der Waals surface area contributed by atoms with Crippen molar-refractivity contribution in [3.05, 3.63) is 36.5 Å². The molecule has 0 saturated heterocycles. The summed E-state index contributed by atoms with van der Waals surface area (Å²) in [5.41, 5.74) is 5.43. The molecule has 72 valence electrons. The standard InChI is InChI=1S/C9H9N3O2/c10-8-4-11-5-9(12-8)14-6-7-2-1-3-13-7/h1-5H,6H2,(H2,10,12). The van der Waals surface area contributed by atoms with Crippen LogP contribution < -0.4 is 10.5 Å². The summed E-state index contributed by atoms with van der Waals surface area (Å²) in [4.78, 5) is 7.77. The highest BCUT2D eigenvalue weighted by Crippen LogP contribution is 2.09. The zero-order valence-electron chi connectivity index (χ0n) is 7.38. The first-order chi connectivity index (χ1) is 6.84. The SMILES string of the molecule is Nc1cncc(OCc2ccco2)n1. The summed E-state index contributed by atoms with van der Waals surface area (Å²) in [6.45, 7) is 0.325. The fourth-order valence-electron chi connectivity index (χ4n) is 0.972. The largest absolute Gasteiger partial charge is 0.468 e. The van der Waals surface area contributed by atoms with E-state index in [-0.39, 0.29) is 0 Å². The molecule has 0 aliphatic carbocycles. The molecule has 2 N–H and O–H groups in total. The second kappa shape index (κ2) is 3.78. The van der Waals surface area contributed by atoms with Gasteiger partial charge in [-0.05, 0) is 12.1 Å². The van der Waals surface area contributed by atoms with Crippen molar-refractivity contribution in [3.63, 3.8) is 0 Å². The topological polar surface area (TPSA) is 74.2 Å². The fraction of sp³-hybridized carbons (Fsp3) is 0.111. The highest BCUT2D eigenvalue weighted by atomic mass is 16.5. The molecule has 0 aromatic carbocycles. The zero-order valence-corrected chi connectivity index (χ0v) is 7.38. The van der Waals surface area contributed by atoms with Gasteiger partial charge in [0.25, 0.3) is 0 Å². The van der Waals surface area contributed by atoms with E-state index in [1.807, 2.05) is 6.07 Å². The highest BCUT2D eigenvalue weighted by molar-refractivity contribution is 5.26. The Hall–Kier alpha value is -2.04. The number of furan rings is 1. The molecule has 0 aliphatic heterocycles. The van der Waals surface area contributed by atoms with E-state index >= 15 is 0 Å². The van der Waals surface area contributed by atoms with Crippen molar-refractivity contribution < 1.29 is 9.15 Å². The minimum atomic E-state index is 0.325. The van der Waals surface area contributed by atoms with E-state index < -0.39 is 0 Å². The van der Waals surface area contributed by atoms with Crippen LogP contribution in [0.2, 0.25) is 0 Å². The summed E-state index contributed by atoms with van der Waals surface area (Å²) in [5.74, 6) is 1.46. The quantitative estimate of drug-likeness (QED) is 0.789. The number of ether oxygens (including phenoxy) is 1. The molecule has 0 bridgehead atoms. The molecule has 2 heterocycles. The third kappa shape index (κ3) is 2.01. The number of nitrogens with two attached hydrogens (primary N) is 1. The van der Waals surface area contributed by atoms with Gasteiger partial charge in [0.15, 0.2) is 0 Å². The Labute approximate surface area is 80.5 Å². The Morgan fingerprint density at radius 1 is 1.43 bits per heavy atom. The van der Waals surface area contributed by atoms with Gasteiger partial charge in [0.2, 0.25) is 5.88 Å². The van der Waals surface area contributed by atoms with Crippen LogP contribution in [-0.2, 0) is 6.61 Å². The van der Waals surface area contributed by atoms with E-state index in [1.165, 1.54) is 12.4 Å². The first kappa shape index (κ1) is 8.55. The lowest BCUT2D eigenvalue weighted by Gasteiger charge is -2.02. The Balaban J connectivity index is 1.98. The van der Waals surface area contributed by atoms with E-state index in [2.05, 4.69) is 9.97 Å². The molecule has 0 aliphatic rings. The fourth-order valence-corrected chi connectivity index (χ4v) is 0.972. The van der Waals surface area contributed by atoms with Gasteiger partial charge in [0, 0.05) is 0 Å². The Bertz CT molecular complexity index is 400. The second-order valence-corrected chi connectivity index (χ2v) is 2.65. The number of nitrogens with zero attached hydrogens (tertiary/aromatic N) is 2. The van der Waals surface area contributed by atoms with Crippen LogP contribution in [-0.4, -0.2) is 9.97 Å². The number of hydrogen-bond acceptors (Lipinski definition) is 5. The third-order valence-electron chi connectivity index (χ3n) is 1.57. The van der Waals surface area contributed by atoms with E-state index in [0.29, 0.717) is 18.3 Å². The average Bonchev–Trinajstić information content (AvgIpc) is 2.67. The van der Waals surface area contributed by atoms with Gasteiger partial charge in [-0.15, -0.1) is 0 Å². The van der Waals surface area contributed by atoms with Crippen LogP contribution in [0.3, 0.4) is 0 Å². The minimum Gasteiger partial charge on any atom is -0.468 e. The molecule has 0 saturated carbocycles. The smallest absolute Gasteiger partial charge is 0.234 e. The molecule has 0 fully saturated rings. The average molecular weight is 191 g/mol. The van der Waals surface area contributed by atoms with Crippen LogP contribution >= 0.6 is 0 Å². The van der Waals surface area contributed by atoms with Gasteiger partial charge in [0.05, 0.1) is 18.7 Å². The van der Waals surface area contributed by atoms with Gasteiger partial charge in [-0.1, -0.05) is 0 Å². The van der Waals surface area contributed by atoms with E-state index in [4.69, 9.17) is 14.9 Å². The van der Waals surface area contributed by atoms with Crippen molar-refractivity contribution in [2.45, 2.75) is 6.61 Å². The van der Waals surface area contributed by atoms with Gasteiger partial charge in [-0.3, -0.25) is 4.98 Å². The molecule has 0 radical (unpaired) electrons. The summed E-state index contributed by atoms with van der Waals surface area (Å²) in [7, 11) is 0. The monoisotopic (exact) mass is 191 g/mol. The molecule has 0 atom stereocenters. The Morgan fingerprint density at radius 2 is 2.36 bits per heavy atom. The van der Waals surface area contributed by atoms with Crippen molar-refractivity contribution in [2.75, 3.05) is 5.73 Å². The van der Waals surface area contributed by atoms with Crippen LogP contribution in [0.25, 0.3) is 0 Å². The van der Waals surface area contributed by atoms with E-state index in [1.54, 1.807) is 12.3 Å². The van der Waals surface area contributed by atoms with Crippen molar-refractivity contribution >= 4 is 5.82 Å². The number of nitrogen functional groups attached to an aromatic ring is 1. The van der Waals surface area contributed by atoms with Gasteiger partial charge >= 0.3 is 0 Å². The number of anilines is 1. The van der Waals surface area contributed by atoms with Crippen molar-refractivity contribution in [1.29, 1.82) is 0 Å². The number of rotatable bonds is 3. The van der Waals surface area contributed by atoms with Gasteiger partial charge < -0.3 is 14.9 Å². The van der Waals surface area contributed by atoms with Crippen molar-refractivity contribution in [3.8, 4) is 5.88 Å². The van der Waals surface area contributed by atoms with Crippen LogP contribution in [0.1, 0.15) is 5.76 Å². The summed E-state index contributed by atoms with van der Waals surface area (Å²) < 4.78 is 10.4. The maximum atomic E-state index is 5.43. The van der Waals surface area contributed by atoms with Gasteiger partial charge in [-0.25, -0.2) is 0 Å². The van der Waals surface area contributed by atoms with Crippen molar-refractivity contribution in [2.24, 2.45) is 0 Å². The van der Waals surface area contributed by atoms with E-state index in [0.717, 1.165) is 5.76 Å². The summed E-state index contributed by atoms with van der Waals surface area (Å²) >= 11 is 0. The van der Waals surface area contributed by atoms with E-state index in [9.17, 15) is 0 Å². The normalized spacial score (nSPS) is 10.0. The number of hydrogen-bond donors (Lipinski definition) is 1. The summed E-state index contributed by atoms with van der Waals surface area (Å²) in [6, 6.07) is 3.61. The first-order valence-corrected chi connectivity index (χ1v) is 4.07. The molecule has 2 aromatic heterocycles.